The van der Waals surface area contributed by atoms with Crippen molar-refractivity contribution < 1.29 is 4.74 Å². The predicted octanol–water partition coefficient (Wildman–Crippen LogP) is 0.919. The number of hydrogen-bond donors (Lipinski definition) is 1. The van der Waals surface area contributed by atoms with Gasteiger partial charge in [0.15, 0.2) is 0 Å². The highest BCUT2D eigenvalue weighted by Gasteiger charge is 2.35. The van der Waals surface area contributed by atoms with E-state index in [4.69, 9.17) is 4.74 Å². The SMILES string of the molecule is C1CNCC2(C1)CCCO2. The number of hydrogen-bond acceptors (Lipinski definition) is 2. The summed E-state index contributed by atoms with van der Waals surface area (Å²) in [4.78, 5) is 0. The molecule has 1 atom stereocenters. The van der Waals surface area contributed by atoms with E-state index >= 15 is 0 Å². The van der Waals surface area contributed by atoms with Crippen LogP contribution in [0.4, 0.5) is 0 Å². The van der Waals surface area contributed by atoms with Crippen molar-refractivity contribution in [2.24, 2.45) is 0 Å². The first-order chi connectivity index (χ1) is 4.91. The Morgan fingerprint density at radius 3 is 2.70 bits per heavy atom. The molecule has 2 heteroatoms. The molecule has 2 rings (SSSR count). The Labute approximate surface area is 61.9 Å². The number of rotatable bonds is 0. The lowest BCUT2D eigenvalue weighted by Gasteiger charge is -2.32. The summed E-state index contributed by atoms with van der Waals surface area (Å²) in [6, 6.07) is 0. The summed E-state index contributed by atoms with van der Waals surface area (Å²) in [6.45, 7) is 3.26. The molecule has 2 fully saturated rings. The molecular formula is C8H15NO. The molecule has 0 aromatic carbocycles. The molecule has 1 N–H and O–H groups in total. The monoisotopic (exact) mass is 141 g/mol. The lowest BCUT2D eigenvalue weighted by atomic mass is 9.91. The molecule has 0 aromatic rings. The van der Waals surface area contributed by atoms with Gasteiger partial charge in [-0.1, -0.05) is 0 Å². The number of piperidine rings is 1. The largest absolute Gasteiger partial charge is 0.374 e. The van der Waals surface area contributed by atoms with Crippen molar-refractivity contribution in [3.63, 3.8) is 0 Å². The molecule has 2 aliphatic rings. The van der Waals surface area contributed by atoms with Crippen molar-refractivity contribution in [3.05, 3.63) is 0 Å². The van der Waals surface area contributed by atoms with Gasteiger partial charge in [0.1, 0.15) is 0 Å². The lowest BCUT2D eigenvalue weighted by Crippen LogP contribution is -2.44. The zero-order valence-corrected chi connectivity index (χ0v) is 6.36. The fraction of sp³-hybridized carbons (Fsp3) is 1.00. The van der Waals surface area contributed by atoms with Gasteiger partial charge >= 0.3 is 0 Å². The van der Waals surface area contributed by atoms with Crippen molar-refractivity contribution in [2.75, 3.05) is 19.7 Å². The second kappa shape index (κ2) is 2.51. The van der Waals surface area contributed by atoms with E-state index in [0.717, 1.165) is 13.2 Å². The average molecular weight is 141 g/mol. The highest BCUT2D eigenvalue weighted by atomic mass is 16.5. The van der Waals surface area contributed by atoms with Gasteiger partial charge in [-0.2, -0.15) is 0 Å². The van der Waals surface area contributed by atoms with Crippen LogP contribution in [-0.2, 0) is 4.74 Å². The van der Waals surface area contributed by atoms with Crippen molar-refractivity contribution >= 4 is 0 Å². The maximum absolute atomic E-state index is 5.72. The smallest absolute Gasteiger partial charge is 0.0807 e. The zero-order chi connectivity index (χ0) is 6.86. The topological polar surface area (TPSA) is 21.3 Å². The van der Waals surface area contributed by atoms with Gasteiger partial charge < -0.3 is 10.1 Å². The molecule has 0 radical (unpaired) electrons. The summed E-state index contributed by atoms with van der Waals surface area (Å²) >= 11 is 0. The van der Waals surface area contributed by atoms with Crippen molar-refractivity contribution in [1.29, 1.82) is 0 Å². The molecular weight excluding hydrogens is 126 g/mol. The molecule has 0 saturated carbocycles. The predicted molar refractivity (Wildman–Crippen MR) is 40.0 cm³/mol. The third-order valence-corrected chi connectivity index (χ3v) is 2.62. The van der Waals surface area contributed by atoms with Crippen LogP contribution in [0, 0.1) is 0 Å². The van der Waals surface area contributed by atoms with E-state index in [1.807, 2.05) is 0 Å². The second-order valence-corrected chi connectivity index (χ2v) is 3.42. The van der Waals surface area contributed by atoms with Crippen LogP contribution in [0.25, 0.3) is 0 Å². The van der Waals surface area contributed by atoms with Crippen LogP contribution in [0.1, 0.15) is 25.7 Å². The van der Waals surface area contributed by atoms with Crippen LogP contribution >= 0.6 is 0 Å². The van der Waals surface area contributed by atoms with Crippen LogP contribution in [0.2, 0.25) is 0 Å². The Morgan fingerprint density at radius 1 is 1.20 bits per heavy atom. The summed E-state index contributed by atoms with van der Waals surface area (Å²) in [5.74, 6) is 0. The summed E-state index contributed by atoms with van der Waals surface area (Å²) in [5, 5.41) is 3.39. The molecule has 58 valence electrons. The Bertz CT molecular complexity index is 110. The van der Waals surface area contributed by atoms with E-state index in [2.05, 4.69) is 5.32 Å². The Kier molecular flexibility index (Phi) is 1.66. The van der Waals surface area contributed by atoms with Crippen LogP contribution < -0.4 is 5.32 Å². The van der Waals surface area contributed by atoms with Crippen molar-refractivity contribution in [3.8, 4) is 0 Å². The second-order valence-electron chi connectivity index (χ2n) is 3.42. The minimum atomic E-state index is 0.262. The molecule has 10 heavy (non-hydrogen) atoms. The van der Waals surface area contributed by atoms with Gasteiger partial charge in [0.2, 0.25) is 0 Å². The van der Waals surface area contributed by atoms with Crippen LogP contribution in [-0.4, -0.2) is 25.3 Å². The van der Waals surface area contributed by atoms with Crippen LogP contribution in [0.3, 0.4) is 0 Å². The molecule has 0 amide bonds. The highest BCUT2D eigenvalue weighted by Crippen LogP contribution is 2.31. The van der Waals surface area contributed by atoms with Gasteiger partial charge in [-0.3, -0.25) is 0 Å². The molecule has 2 saturated heterocycles. The zero-order valence-electron chi connectivity index (χ0n) is 6.36. The third-order valence-electron chi connectivity index (χ3n) is 2.62. The summed E-state index contributed by atoms with van der Waals surface area (Å²) < 4.78 is 5.72. The van der Waals surface area contributed by atoms with Gasteiger partial charge in [-0.05, 0) is 32.2 Å². The van der Waals surface area contributed by atoms with Gasteiger partial charge in [-0.25, -0.2) is 0 Å². The fourth-order valence-corrected chi connectivity index (χ4v) is 2.03. The average Bonchev–Trinajstić information content (AvgIpc) is 2.39. The highest BCUT2D eigenvalue weighted by molar-refractivity contribution is 4.90. The summed E-state index contributed by atoms with van der Waals surface area (Å²) in [5.41, 5.74) is 0.262. The third kappa shape index (κ3) is 1.06. The van der Waals surface area contributed by atoms with E-state index < -0.39 is 0 Å². The van der Waals surface area contributed by atoms with E-state index in [1.54, 1.807) is 0 Å². The van der Waals surface area contributed by atoms with Gasteiger partial charge in [0.25, 0.3) is 0 Å². The summed E-state index contributed by atoms with van der Waals surface area (Å²) in [7, 11) is 0. The molecule has 2 aliphatic heterocycles. The van der Waals surface area contributed by atoms with Gasteiger partial charge in [0.05, 0.1) is 5.60 Å². The number of ether oxygens (including phenoxy) is 1. The first-order valence-corrected chi connectivity index (χ1v) is 4.26. The number of nitrogens with one attached hydrogen (secondary N) is 1. The standard InChI is InChI=1S/C8H15NO/c1-3-8(7-9-5-1)4-2-6-10-8/h9H,1-7H2. The van der Waals surface area contributed by atoms with Crippen LogP contribution in [0.15, 0.2) is 0 Å². The molecule has 2 nitrogen and oxygen atoms in total. The molecule has 2 heterocycles. The van der Waals surface area contributed by atoms with Crippen LogP contribution in [0.5, 0.6) is 0 Å². The molecule has 0 aliphatic carbocycles. The fourth-order valence-electron chi connectivity index (χ4n) is 2.03. The quantitative estimate of drug-likeness (QED) is 0.541. The normalized spacial score (nSPS) is 40.8. The maximum atomic E-state index is 5.72. The van der Waals surface area contributed by atoms with Crippen molar-refractivity contribution in [2.45, 2.75) is 31.3 Å². The minimum absolute atomic E-state index is 0.262. The minimum Gasteiger partial charge on any atom is -0.374 e. The Hall–Kier alpha value is -0.0800. The molecule has 0 aromatic heterocycles. The molecule has 1 spiro atoms. The Morgan fingerprint density at radius 2 is 2.10 bits per heavy atom. The van der Waals surface area contributed by atoms with Crippen molar-refractivity contribution in [1.82, 2.24) is 5.32 Å². The van der Waals surface area contributed by atoms with Gasteiger partial charge in [-0.15, -0.1) is 0 Å². The molecule has 0 bridgehead atoms. The van der Waals surface area contributed by atoms with E-state index in [9.17, 15) is 0 Å². The first kappa shape index (κ1) is 6.62. The first-order valence-electron chi connectivity index (χ1n) is 4.26. The Balaban J connectivity index is 1.98. The van der Waals surface area contributed by atoms with Gasteiger partial charge in [0, 0.05) is 13.2 Å². The van der Waals surface area contributed by atoms with E-state index in [1.165, 1.54) is 32.2 Å². The van der Waals surface area contributed by atoms with E-state index in [-0.39, 0.29) is 5.60 Å². The van der Waals surface area contributed by atoms with E-state index in [0.29, 0.717) is 0 Å². The molecule has 1 unspecified atom stereocenters. The lowest BCUT2D eigenvalue weighted by molar-refractivity contribution is -0.0137. The summed E-state index contributed by atoms with van der Waals surface area (Å²) in [6.07, 6.45) is 5.11. The maximum Gasteiger partial charge on any atom is 0.0807 e.